The maximum Gasteiger partial charge on any atom is 0.160 e. The molecule has 0 aromatic carbocycles. The van der Waals surface area contributed by atoms with Gasteiger partial charge in [-0.3, -0.25) is 9.78 Å². The number of aryl methyl sites for hydroxylation is 2. The Balaban J connectivity index is 1.67. The number of nitrogens with zero attached hydrogens (tertiary/aromatic N) is 5. The van der Waals surface area contributed by atoms with Crippen LogP contribution in [0.15, 0.2) is 12.5 Å². The zero-order valence-electron chi connectivity index (χ0n) is 13.4. The van der Waals surface area contributed by atoms with E-state index in [0.29, 0.717) is 0 Å². The van der Waals surface area contributed by atoms with Crippen molar-refractivity contribution in [3.63, 3.8) is 0 Å². The van der Waals surface area contributed by atoms with Crippen molar-refractivity contribution in [2.24, 2.45) is 7.05 Å². The summed E-state index contributed by atoms with van der Waals surface area (Å²) in [6.45, 7) is 4.82. The second-order valence-corrected chi connectivity index (χ2v) is 5.89. The van der Waals surface area contributed by atoms with Crippen LogP contribution in [0.5, 0.6) is 0 Å². The number of H-pyrrole nitrogens is 1. The molecule has 0 unspecified atom stereocenters. The predicted molar refractivity (Wildman–Crippen MR) is 85.1 cm³/mol. The number of anilines is 1. The molecule has 120 valence electrons. The average molecular weight is 313 g/mol. The van der Waals surface area contributed by atoms with Crippen LogP contribution in [0.25, 0.3) is 11.0 Å². The monoisotopic (exact) mass is 313 g/mol. The summed E-state index contributed by atoms with van der Waals surface area (Å²) in [6, 6.07) is 0.143. The van der Waals surface area contributed by atoms with Gasteiger partial charge >= 0.3 is 0 Å². The molecule has 0 spiro atoms. The third-order valence-electron chi connectivity index (χ3n) is 4.51. The summed E-state index contributed by atoms with van der Waals surface area (Å²) in [5, 5.41) is 15.8. The van der Waals surface area contributed by atoms with Crippen LogP contribution in [0, 0.1) is 13.8 Å². The highest BCUT2D eigenvalue weighted by molar-refractivity contribution is 5.85. The van der Waals surface area contributed by atoms with E-state index in [1.165, 1.54) is 11.9 Å². The van der Waals surface area contributed by atoms with Crippen molar-refractivity contribution in [1.82, 2.24) is 29.9 Å². The first kappa shape index (κ1) is 14.1. The van der Waals surface area contributed by atoms with Gasteiger partial charge in [-0.05, 0) is 20.3 Å². The van der Waals surface area contributed by atoms with Crippen molar-refractivity contribution in [2.75, 3.05) is 11.9 Å². The predicted octanol–water partition coefficient (Wildman–Crippen LogP) is 1.65. The molecule has 4 rings (SSSR count). The van der Waals surface area contributed by atoms with Crippen molar-refractivity contribution in [1.29, 1.82) is 0 Å². The summed E-state index contributed by atoms with van der Waals surface area (Å²) < 4.78 is 7.91. The van der Waals surface area contributed by atoms with Gasteiger partial charge in [-0.2, -0.15) is 10.2 Å². The van der Waals surface area contributed by atoms with E-state index >= 15 is 0 Å². The Morgan fingerprint density at radius 2 is 2.22 bits per heavy atom. The second kappa shape index (κ2) is 5.31. The molecule has 0 radical (unpaired) electrons. The van der Waals surface area contributed by atoms with Crippen LogP contribution in [0.3, 0.4) is 0 Å². The maximum atomic E-state index is 6.01. The van der Waals surface area contributed by atoms with Crippen LogP contribution < -0.4 is 5.32 Å². The normalized spacial score (nSPS) is 21.2. The Kier molecular flexibility index (Phi) is 3.26. The summed E-state index contributed by atoms with van der Waals surface area (Å²) in [6.07, 6.45) is 4.17. The molecule has 2 N–H and O–H groups in total. The third-order valence-corrected chi connectivity index (χ3v) is 4.51. The number of fused-ring (bicyclic) bond motifs is 1. The van der Waals surface area contributed by atoms with Gasteiger partial charge in [0.05, 0.1) is 23.3 Å². The van der Waals surface area contributed by atoms with Gasteiger partial charge in [0, 0.05) is 24.9 Å². The van der Waals surface area contributed by atoms with E-state index < -0.39 is 0 Å². The molecule has 1 fully saturated rings. The number of hydrogen-bond donors (Lipinski definition) is 2. The van der Waals surface area contributed by atoms with Gasteiger partial charge in [-0.25, -0.2) is 9.97 Å². The fraction of sp³-hybridized carbons (Fsp3) is 0.467. The van der Waals surface area contributed by atoms with Crippen molar-refractivity contribution in [3.8, 4) is 0 Å². The topological polar surface area (TPSA) is 93.5 Å². The Bertz CT molecular complexity index is 853. The summed E-state index contributed by atoms with van der Waals surface area (Å²) >= 11 is 0. The zero-order valence-corrected chi connectivity index (χ0v) is 13.4. The molecule has 1 aliphatic rings. The molecule has 0 amide bonds. The highest BCUT2D eigenvalue weighted by Crippen LogP contribution is 2.35. The first-order chi connectivity index (χ1) is 11.1. The lowest BCUT2D eigenvalue weighted by Crippen LogP contribution is -2.24. The van der Waals surface area contributed by atoms with Crippen LogP contribution in [-0.4, -0.2) is 42.6 Å². The molecular weight excluding hydrogens is 294 g/mol. The Morgan fingerprint density at radius 3 is 3.00 bits per heavy atom. The smallest absolute Gasteiger partial charge is 0.160 e. The van der Waals surface area contributed by atoms with Gasteiger partial charge in [-0.15, -0.1) is 0 Å². The molecule has 0 aliphatic carbocycles. The molecule has 3 aromatic rings. The zero-order chi connectivity index (χ0) is 16.0. The van der Waals surface area contributed by atoms with Gasteiger partial charge in [0.2, 0.25) is 0 Å². The lowest BCUT2D eigenvalue weighted by molar-refractivity contribution is 0.106. The maximum absolute atomic E-state index is 6.01. The van der Waals surface area contributed by atoms with Gasteiger partial charge in [-0.1, -0.05) is 0 Å². The Morgan fingerprint density at radius 1 is 1.35 bits per heavy atom. The molecule has 23 heavy (non-hydrogen) atoms. The highest BCUT2D eigenvalue weighted by atomic mass is 16.5. The number of aromatic amines is 1. The molecule has 8 nitrogen and oxygen atoms in total. The van der Waals surface area contributed by atoms with Gasteiger partial charge in [0.1, 0.15) is 18.2 Å². The molecule has 1 aliphatic heterocycles. The number of aromatic nitrogens is 6. The van der Waals surface area contributed by atoms with Crippen LogP contribution in [0.4, 0.5) is 5.82 Å². The Hall–Kier alpha value is -2.48. The summed E-state index contributed by atoms with van der Waals surface area (Å²) in [7, 11) is 1.96. The minimum atomic E-state index is -0.0272. The molecule has 8 heteroatoms. The summed E-state index contributed by atoms with van der Waals surface area (Å²) in [5.74, 6) is 0.781. The van der Waals surface area contributed by atoms with Crippen LogP contribution in [0.2, 0.25) is 0 Å². The van der Waals surface area contributed by atoms with E-state index in [1.807, 2.05) is 18.7 Å². The molecular formula is C15H19N7O. The molecule has 4 heterocycles. The van der Waals surface area contributed by atoms with Crippen LogP contribution >= 0.6 is 0 Å². The lowest BCUT2D eigenvalue weighted by Gasteiger charge is -2.21. The van der Waals surface area contributed by atoms with Crippen molar-refractivity contribution < 1.29 is 4.74 Å². The van der Waals surface area contributed by atoms with Gasteiger partial charge < -0.3 is 10.1 Å². The molecule has 1 saturated heterocycles. The van der Waals surface area contributed by atoms with Crippen LogP contribution in [0.1, 0.15) is 29.5 Å². The fourth-order valence-corrected chi connectivity index (χ4v) is 3.28. The highest BCUT2D eigenvalue weighted by Gasteiger charge is 2.34. The summed E-state index contributed by atoms with van der Waals surface area (Å²) in [4.78, 5) is 8.53. The summed E-state index contributed by atoms with van der Waals surface area (Å²) in [5.41, 5.74) is 4.05. The number of rotatable bonds is 3. The average Bonchev–Trinajstić information content (AvgIpc) is 3.21. The number of hydrogen-bond acceptors (Lipinski definition) is 6. The van der Waals surface area contributed by atoms with Gasteiger partial charge in [0.25, 0.3) is 0 Å². The van der Waals surface area contributed by atoms with E-state index in [2.05, 4.69) is 37.5 Å². The number of nitrogens with one attached hydrogen (secondary N) is 2. The standard InChI is InChI=1S/C15H19N7O/c1-8-12(9(2)22(3)21-8)13-11(4-5-23-13)19-14-10-6-18-20-15(10)17-7-16-14/h6-7,11,13H,4-5H2,1-3H3,(H2,16,17,18,19,20)/t11-,13-/m0/s1. The van der Waals surface area contributed by atoms with Gasteiger partial charge in [0.15, 0.2) is 5.65 Å². The lowest BCUT2D eigenvalue weighted by atomic mass is 10.0. The molecule has 0 bridgehead atoms. The quantitative estimate of drug-likeness (QED) is 0.763. The van der Waals surface area contributed by atoms with Crippen molar-refractivity contribution in [2.45, 2.75) is 32.4 Å². The van der Waals surface area contributed by atoms with Crippen LogP contribution in [-0.2, 0) is 11.8 Å². The first-order valence-electron chi connectivity index (χ1n) is 7.67. The Labute approximate surface area is 133 Å². The van der Waals surface area contributed by atoms with E-state index in [-0.39, 0.29) is 12.1 Å². The van der Waals surface area contributed by atoms with E-state index in [4.69, 9.17) is 4.74 Å². The second-order valence-electron chi connectivity index (χ2n) is 5.89. The fourth-order valence-electron chi connectivity index (χ4n) is 3.28. The molecule has 3 aromatic heterocycles. The van der Waals surface area contributed by atoms with E-state index in [9.17, 15) is 0 Å². The SMILES string of the molecule is Cc1nn(C)c(C)c1[C@H]1OCC[C@@H]1Nc1ncnc2[nH]ncc12. The van der Waals surface area contributed by atoms with Crippen molar-refractivity contribution >= 4 is 16.9 Å². The number of ether oxygens (including phenoxy) is 1. The molecule has 2 atom stereocenters. The third kappa shape index (κ3) is 2.26. The minimum Gasteiger partial charge on any atom is -0.371 e. The van der Waals surface area contributed by atoms with Crippen molar-refractivity contribution in [3.05, 3.63) is 29.5 Å². The largest absolute Gasteiger partial charge is 0.371 e. The van der Waals surface area contributed by atoms with E-state index in [1.54, 1.807) is 6.20 Å². The molecule has 0 saturated carbocycles. The minimum absolute atomic E-state index is 0.0272. The van der Waals surface area contributed by atoms with E-state index in [0.717, 1.165) is 41.3 Å². The first-order valence-corrected chi connectivity index (χ1v) is 7.67.